The van der Waals surface area contributed by atoms with Crippen LogP contribution < -0.4 is 23.2 Å². The van der Waals surface area contributed by atoms with E-state index in [0.717, 1.165) is 0 Å². The van der Waals surface area contributed by atoms with Crippen molar-refractivity contribution in [3.8, 4) is 0 Å². The zero-order valence-corrected chi connectivity index (χ0v) is 9.77. The fourth-order valence-electron chi connectivity index (χ4n) is 1.79. The van der Waals surface area contributed by atoms with Crippen molar-refractivity contribution in [2.75, 3.05) is 0 Å². The molecule has 0 saturated carbocycles. The molecule has 0 atom stereocenters. The summed E-state index contributed by atoms with van der Waals surface area (Å²) in [5.41, 5.74) is 3.12. The molecular weight excluding hydrogens is 234 g/mol. The Balaban J connectivity index is 0.000000221. The van der Waals surface area contributed by atoms with E-state index in [-0.39, 0.29) is 0 Å². The monoisotopic (exact) mass is 247 g/mol. The van der Waals surface area contributed by atoms with Gasteiger partial charge in [0, 0.05) is 11.6 Å². The molecule has 1 aromatic rings. The van der Waals surface area contributed by atoms with Gasteiger partial charge in [0.1, 0.15) is 7.05 Å². The van der Waals surface area contributed by atoms with Gasteiger partial charge in [-0.25, -0.2) is 23.2 Å². The van der Waals surface area contributed by atoms with Crippen LogP contribution >= 0.6 is 0 Å². The standard InChI is InChI=1S/C10H14N.ClHO4/c1-11-7-6-9-4-2-3-5-10(9)8-11;2-1(3,4)5/h6-8H,2-5H2,1H3;(H,2,3,4,5)/q+1;/p-1. The zero-order chi connectivity index (χ0) is 12.2. The highest BCUT2D eigenvalue weighted by atomic mass is 35.7. The summed E-state index contributed by atoms with van der Waals surface area (Å²) in [6.45, 7) is 0. The van der Waals surface area contributed by atoms with E-state index in [1.807, 2.05) is 0 Å². The first-order valence-corrected chi connectivity index (χ1v) is 6.18. The molecule has 0 aliphatic heterocycles. The van der Waals surface area contributed by atoms with Crippen LogP contribution in [0.2, 0.25) is 0 Å². The minimum atomic E-state index is -4.94. The SMILES string of the molecule is C[n+]1ccc2c(c1)CCCC2.[O-][Cl+3]([O-])([O-])[O-]. The Labute approximate surface area is 96.3 Å². The van der Waals surface area contributed by atoms with E-state index in [1.165, 1.54) is 25.7 Å². The molecule has 0 bridgehead atoms. The summed E-state index contributed by atoms with van der Waals surface area (Å²) >= 11 is 0. The van der Waals surface area contributed by atoms with E-state index in [0.29, 0.717) is 0 Å². The second-order valence-electron chi connectivity index (χ2n) is 3.75. The minimum Gasteiger partial charge on any atom is -0.222 e. The van der Waals surface area contributed by atoms with Crippen LogP contribution in [0.1, 0.15) is 24.0 Å². The molecule has 0 saturated heterocycles. The largest absolute Gasteiger partial charge is 0.222 e. The molecule has 1 aromatic heterocycles. The Hall–Kier alpha value is -0.720. The molecule has 0 spiro atoms. The van der Waals surface area contributed by atoms with E-state index in [1.54, 1.807) is 11.1 Å². The maximum absolute atomic E-state index is 8.49. The van der Waals surface area contributed by atoms with Crippen molar-refractivity contribution in [1.29, 1.82) is 0 Å². The van der Waals surface area contributed by atoms with Crippen LogP contribution in [0, 0.1) is 10.2 Å². The Morgan fingerprint density at radius 3 is 2.12 bits per heavy atom. The van der Waals surface area contributed by atoms with Gasteiger partial charge < -0.3 is 0 Å². The van der Waals surface area contributed by atoms with Crippen LogP contribution in [-0.4, -0.2) is 0 Å². The highest BCUT2D eigenvalue weighted by molar-refractivity contribution is 5.23. The van der Waals surface area contributed by atoms with Gasteiger partial charge in [0.05, 0.1) is 0 Å². The number of nitrogens with zero attached hydrogens (tertiary/aromatic N) is 1. The van der Waals surface area contributed by atoms with E-state index >= 15 is 0 Å². The number of pyridine rings is 1. The Bertz CT molecular complexity index is 345. The van der Waals surface area contributed by atoms with Gasteiger partial charge in [0.2, 0.25) is 0 Å². The average molecular weight is 248 g/mol. The molecule has 16 heavy (non-hydrogen) atoms. The maximum atomic E-state index is 8.49. The lowest BCUT2D eigenvalue weighted by molar-refractivity contribution is -2.00. The van der Waals surface area contributed by atoms with E-state index < -0.39 is 10.2 Å². The number of fused-ring (bicyclic) bond motifs is 1. The lowest BCUT2D eigenvalue weighted by Gasteiger charge is -2.17. The third-order valence-corrected chi connectivity index (χ3v) is 2.43. The second-order valence-corrected chi connectivity index (χ2v) is 4.50. The lowest BCUT2D eigenvalue weighted by Crippen LogP contribution is -2.68. The Morgan fingerprint density at radius 2 is 1.56 bits per heavy atom. The number of halogens is 1. The number of aryl methyl sites for hydroxylation is 3. The van der Waals surface area contributed by atoms with Gasteiger partial charge in [-0.1, -0.05) is 0 Å². The summed E-state index contributed by atoms with van der Waals surface area (Å²) < 4.78 is 36.1. The van der Waals surface area contributed by atoms with E-state index in [4.69, 9.17) is 18.6 Å². The molecule has 0 amide bonds. The molecule has 0 fully saturated rings. The third kappa shape index (κ3) is 5.39. The molecule has 1 heterocycles. The average Bonchev–Trinajstić information content (AvgIpc) is 2.15. The molecule has 0 radical (unpaired) electrons. The van der Waals surface area contributed by atoms with Crippen molar-refractivity contribution in [2.45, 2.75) is 25.7 Å². The van der Waals surface area contributed by atoms with E-state index in [2.05, 4.69) is 30.1 Å². The smallest absolute Gasteiger partial charge is 0.171 e. The molecule has 1 aliphatic rings. The molecule has 90 valence electrons. The van der Waals surface area contributed by atoms with Crippen molar-refractivity contribution >= 4 is 0 Å². The fraction of sp³-hybridized carbons (Fsp3) is 0.500. The predicted molar refractivity (Wildman–Crippen MR) is 44.3 cm³/mol. The van der Waals surface area contributed by atoms with E-state index in [9.17, 15) is 0 Å². The molecular formula is C10H14ClNO4. The number of hydrogen-bond acceptors (Lipinski definition) is 4. The number of rotatable bonds is 0. The summed E-state index contributed by atoms with van der Waals surface area (Å²) in [5.74, 6) is 0. The normalized spacial score (nSPS) is 14.8. The first kappa shape index (κ1) is 13.3. The zero-order valence-electron chi connectivity index (χ0n) is 9.02. The van der Waals surface area contributed by atoms with Crippen molar-refractivity contribution in [3.05, 3.63) is 29.6 Å². The second kappa shape index (κ2) is 5.56. The lowest BCUT2D eigenvalue weighted by atomic mass is 9.94. The van der Waals surface area contributed by atoms with Crippen molar-refractivity contribution in [2.24, 2.45) is 7.05 Å². The van der Waals surface area contributed by atoms with Gasteiger partial charge in [-0.3, -0.25) is 0 Å². The Kier molecular flexibility index (Phi) is 4.64. The van der Waals surface area contributed by atoms with Crippen molar-refractivity contribution < 1.29 is 33.4 Å². The molecule has 1 aliphatic carbocycles. The number of hydrogen-bond donors (Lipinski definition) is 0. The Morgan fingerprint density at radius 1 is 1.06 bits per heavy atom. The molecule has 0 aromatic carbocycles. The summed E-state index contributed by atoms with van der Waals surface area (Å²) in [6, 6.07) is 2.26. The van der Waals surface area contributed by atoms with Crippen LogP contribution in [0.25, 0.3) is 0 Å². The first-order chi connectivity index (χ1) is 7.36. The van der Waals surface area contributed by atoms with Gasteiger partial charge in [-0.15, -0.1) is 10.2 Å². The van der Waals surface area contributed by atoms with Gasteiger partial charge in [0.25, 0.3) is 0 Å². The molecule has 5 nitrogen and oxygen atoms in total. The van der Waals surface area contributed by atoms with Gasteiger partial charge in [-0.05, 0) is 31.2 Å². The summed E-state index contributed by atoms with van der Waals surface area (Å²) in [5, 5.41) is 0. The molecule has 6 heteroatoms. The summed E-state index contributed by atoms with van der Waals surface area (Å²) in [7, 11) is -2.85. The number of aromatic nitrogens is 1. The van der Waals surface area contributed by atoms with Crippen molar-refractivity contribution in [1.82, 2.24) is 0 Å². The highest BCUT2D eigenvalue weighted by Gasteiger charge is 2.11. The van der Waals surface area contributed by atoms with Crippen molar-refractivity contribution in [3.63, 3.8) is 0 Å². The molecule has 0 unspecified atom stereocenters. The van der Waals surface area contributed by atoms with Gasteiger partial charge in [0.15, 0.2) is 12.4 Å². The van der Waals surface area contributed by atoms with Crippen LogP contribution in [-0.2, 0) is 19.9 Å². The van der Waals surface area contributed by atoms with Crippen LogP contribution in [0.5, 0.6) is 0 Å². The van der Waals surface area contributed by atoms with Crippen LogP contribution in [0.4, 0.5) is 0 Å². The first-order valence-electron chi connectivity index (χ1n) is 4.95. The summed E-state index contributed by atoms with van der Waals surface area (Å²) in [4.78, 5) is 0. The molecule has 0 N–H and O–H groups in total. The van der Waals surface area contributed by atoms with Gasteiger partial charge in [-0.2, -0.15) is 0 Å². The summed E-state index contributed by atoms with van der Waals surface area (Å²) in [6.07, 6.45) is 9.72. The highest BCUT2D eigenvalue weighted by Crippen LogP contribution is 2.18. The fourth-order valence-corrected chi connectivity index (χ4v) is 1.79. The van der Waals surface area contributed by atoms with Crippen LogP contribution in [0.3, 0.4) is 0 Å². The third-order valence-electron chi connectivity index (χ3n) is 2.43. The molecule has 2 rings (SSSR count). The van der Waals surface area contributed by atoms with Gasteiger partial charge >= 0.3 is 0 Å². The topological polar surface area (TPSA) is 96.1 Å². The quantitative estimate of drug-likeness (QED) is 0.447. The minimum absolute atomic E-state index is 1.28. The maximum Gasteiger partial charge on any atom is 0.171 e. The predicted octanol–water partition coefficient (Wildman–Crippen LogP) is -3.37. The van der Waals surface area contributed by atoms with Crippen LogP contribution in [0.15, 0.2) is 18.5 Å².